The molecule has 1 fully saturated rings. The lowest BCUT2D eigenvalue weighted by atomic mass is 10.1. The summed E-state index contributed by atoms with van der Waals surface area (Å²) in [6.45, 7) is 5.74. The Kier molecular flexibility index (Phi) is 3.91. The number of rotatable bonds is 5. The van der Waals surface area contributed by atoms with Crippen LogP contribution in [0.4, 0.5) is 0 Å². The molecule has 0 aliphatic heterocycles. The molecule has 2 amide bonds. The van der Waals surface area contributed by atoms with Gasteiger partial charge in [0, 0.05) is 5.54 Å². The van der Waals surface area contributed by atoms with Crippen LogP contribution in [0.1, 0.15) is 33.6 Å². The van der Waals surface area contributed by atoms with E-state index in [1.54, 1.807) is 0 Å². The molecule has 0 heterocycles. The van der Waals surface area contributed by atoms with Crippen LogP contribution in [0.3, 0.4) is 0 Å². The van der Waals surface area contributed by atoms with E-state index in [1.165, 1.54) is 0 Å². The topological polar surface area (TPSA) is 84.2 Å². The molecule has 4 N–H and O–H groups in total. The van der Waals surface area contributed by atoms with Crippen molar-refractivity contribution < 1.29 is 9.59 Å². The highest BCUT2D eigenvalue weighted by Crippen LogP contribution is 2.33. The summed E-state index contributed by atoms with van der Waals surface area (Å²) in [5.41, 5.74) is 5.60. The van der Waals surface area contributed by atoms with E-state index in [4.69, 9.17) is 5.73 Å². The van der Waals surface area contributed by atoms with Crippen LogP contribution in [-0.2, 0) is 9.59 Å². The van der Waals surface area contributed by atoms with E-state index in [0.29, 0.717) is 0 Å². The quantitative estimate of drug-likeness (QED) is 0.606. The molecule has 0 bridgehead atoms. The third-order valence-corrected chi connectivity index (χ3v) is 2.89. The molecule has 0 saturated heterocycles. The van der Waals surface area contributed by atoms with E-state index in [9.17, 15) is 9.59 Å². The Hall–Kier alpha value is -1.10. The van der Waals surface area contributed by atoms with Crippen molar-refractivity contribution in [3.8, 4) is 0 Å². The van der Waals surface area contributed by atoms with Crippen molar-refractivity contribution >= 4 is 11.8 Å². The van der Waals surface area contributed by atoms with Gasteiger partial charge in [0.05, 0.1) is 12.6 Å². The number of nitrogens with one attached hydrogen (secondary N) is 2. The van der Waals surface area contributed by atoms with E-state index in [0.717, 1.165) is 12.8 Å². The van der Waals surface area contributed by atoms with Gasteiger partial charge in [0.1, 0.15) is 0 Å². The summed E-state index contributed by atoms with van der Waals surface area (Å²) in [6, 6.07) is -0.552. The van der Waals surface area contributed by atoms with Gasteiger partial charge in [-0.15, -0.1) is 0 Å². The van der Waals surface area contributed by atoms with Crippen LogP contribution in [0.2, 0.25) is 0 Å². The zero-order valence-corrected chi connectivity index (χ0v) is 10.2. The molecule has 5 heteroatoms. The SMILES string of the molecule is CC(C)[C@H](N)C(=O)NCC(=O)NC1(C)CC1. The Labute approximate surface area is 96.1 Å². The van der Waals surface area contributed by atoms with Crippen LogP contribution in [0.25, 0.3) is 0 Å². The van der Waals surface area contributed by atoms with Gasteiger partial charge >= 0.3 is 0 Å². The molecule has 92 valence electrons. The van der Waals surface area contributed by atoms with Crippen LogP contribution in [0, 0.1) is 5.92 Å². The minimum absolute atomic E-state index is 0.00877. The smallest absolute Gasteiger partial charge is 0.239 e. The molecule has 0 spiro atoms. The van der Waals surface area contributed by atoms with Crippen molar-refractivity contribution in [2.75, 3.05) is 6.54 Å². The molecule has 0 aromatic rings. The van der Waals surface area contributed by atoms with E-state index < -0.39 is 6.04 Å². The third kappa shape index (κ3) is 3.81. The highest BCUT2D eigenvalue weighted by molar-refractivity contribution is 5.87. The Morgan fingerprint density at radius 3 is 2.38 bits per heavy atom. The first kappa shape index (κ1) is 13.0. The Morgan fingerprint density at radius 2 is 1.94 bits per heavy atom. The zero-order chi connectivity index (χ0) is 12.3. The molecule has 5 nitrogen and oxygen atoms in total. The number of carbonyl (C=O) groups excluding carboxylic acids is 2. The molecular weight excluding hydrogens is 206 g/mol. The minimum atomic E-state index is -0.552. The van der Waals surface area contributed by atoms with Gasteiger partial charge in [-0.3, -0.25) is 9.59 Å². The fourth-order valence-corrected chi connectivity index (χ4v) is 1.28. The Bertz CT molecular complexity index is 285. The maximum Gasteiger partial charge on any atom is 0.239 e. The second-order valence-electron chi connectivity index (χ2n) is 5.10. The monoisotopic (exact) mass is 227 g/mol. The lowest BCUT2D eigenvalue weighted by Gasteiger charge is -2.16. The van der Waals surface area contributed by atoms with E-state index in [-0.39, 0.29) is 29.8 Å². The molecule has 1 atom stereocenters. The van der Waals surface area contributed by atoms with Gasteiger partial charge in [0.2, 0.25) is 11.8 Å². The van der Waals surface area contributed by atoms with Crippen molar-refractivity contribution in [1.29, 1.82) is 0 Å². The average Bonchev–Trinajstić information content (AvgIpc) is 2.91. The van der Waals surface area contributed by atoms with E-state index in [2.05, 4.69) is 10.6 Å². The molecule has 0 unspecified atom stereocenters. The molecule has 0 radical (unpaired) electrons. The van der Waals surface area contributed by atoms with Crippen molar-refractivity contribution in [3.63, 3.8) is 0 Å². The molecule has 1 rings (SSSR count). The van der Waals surface area contributed by atoms with Crippen LogP contribution in [-0.4, -0.2) is 29.9 Å². The summed E-state index contributed by atoms with van der Waals surface area (Å²) < 4.78 is 0. The molecule has 0 aromatic carbocycles. The van der Waals surface area contributed by atoms with Gasteiger partial charge in [-0.1, -0.05) is 13.8 Å². The first-order chi connectivity index (χ1) is 7.34. The fourth-order valence-electron chi connectivity index (χ4n) is 1.28. The normalized spacial score (nSPS) is 19.1. The van der Waals surface area contributed by atoms with Crippen LogP contribution in [0.15, 0.2) is 0 Å². The summed E-state index contributed by atoms with van der Waals surface area (Å²) in [5.74, 6) is -0.348. The van der Waals surface area contributed by atoms with E-state index in [1.807, 2.05) is 20.8 Å². The molecule has 1 aliphatic rings. The van der Waals surface area contributed by atoms with Gasteiger partial charge < -0.3 is 16.4 Å². The number of hydrogen-bond donors (Lipinski definition) is 3. The summed E-state index contributed by atoms with van der Waals surface area (Å²) in [7, 11) is 0. The molecule has 16 heavy (non-hydrogen) atoms. The second-order valence-corrected chi connectivity index (χ2v) is 5.10. The van der Waals surface area contributed by atoms with Crippen LogP contribution < -0.4 is 16.4 Å². The van der Waals surface area contributed by atoms with Gasteiger partial charge in [0.25, 0.3) is 0 Å². The largest absolute Gasteiger partial charge is 0.349 e. The first-order valence-electron chi connectivity index (χ1n) is 5.68. The first-order valence-corrected chi connectivity index (χ1v) is 5.68. The highest BCUT2D eigenvalue weighted by Gasteiger charge is 2.38. The Balaban J connectivity index is 2.23. The number of carbonyl (C=O) groups is 2. The van der Waals surface area contributed by atoms with Gasteiger partial charge in [-0.2, -0.15) is 0 Å². The zero-order valence-electron chi connectivity index (χ0n) is 10.2. The standard InChI is InChI=1S/C11H21N3O2/c1-7(2)9(12)10(16)13-6-8(15)14-11(3)4-5-11/h7,9H,4-6,12H2,1-3H3,(H,13,16)(H,14,15)/t9-/m0/s1. The van der Waals surface area contributed by atoms with Crippen molar-refractivity contribution in [3.05, 3.63) is 0 Å². The lowest BCUT2D eigenvalue weighted by Crippen LogP contribution is -2.48. The second kappa shape index (κ2) is 4.82. The van der Waals surface area contributed by atoms with Crippen molar-refractivity contribution in [1.82, 2.24) is 10.6 Å². The van der Waals surface area contributed by atoms with Crippen molar-refractivity contribution in [2.45, 2.75) is 45.2 Å². The van der Waals surface area contributed by atoms with Gasteiger partial charge in [-0.05, 0) is 25.7 Å². The molecule has 1 saturated carbocycles. The Morgan fingerprint density at radius 1 is 1.38 bits per heavy atom. The summed E-state index contributed by atoms with van der Waals surface area (Å²) in [6.07, 6.45) is 2.02. The van der Waals surface area contributed by atoms with Gasteiger partial charge in [0.15, 0.2) is 0 Å². The number of hydrogen-bond acceptors (Lipinski definition) is 3. The number of amides is 2. The molecule has 1 aliphatic carbocycles. The maximum absolute atomic E-state index is 11.5. The number of nitrogens with two attached hydrogens (primary N) is 1. The van der Waals surface area contributed by atoms with Crippen molar-refractivity contribution in [2.24, 2.45) is 11.7 Å². The van der Waals surface area contributed by atoms with Gasteiger partial charge in [-0.25, -0.2) is 0 Å². The fraction of sp³-hybridized carbons (Fsp3) is 0.818. The minimum Gasteiger partial charge on any atom is -0.349 e. The third-order valence-electron chi connectivity index (χ3n) is 2.89. The van der Waals surface area contributed by atoms with Crippen LogP contribution in [0.5, 0.6) is 0 Å². The summed E-state index contributed by atoms with van der Waals surface area (Å²) in [4.78, 5) is 22.9. The average molecular weight is 227 g/mol. The predicted molar refractivity (Wildman–Crippen MR) is 61.6 cm³/mol. The van der Waals surface area contributed by atoms with Crippen LogP contribution >= 0.6 is 0 Å². The predicted octanol–water partition coefficient (Wildman–Crippen LogP) is -0.245. The molecular formula is C11H21N3O2. The molecule has 0 aromatic heterocycles. The lowest BCUT2D eigenvalue weighted by molar-refractivity contribution is -0.127. The van der Waals surface area contributed by atoms with E-state index >= 15 is 0 Å². The maximum atomic E-state index is 11.5. The highest BCUT2D eigenvalue weighted by atomic mass is 16.2. The summed E-state index contributed by atoms with van der Waals surface area (Å²) in [5, 5.41) is 5.40. The summed E-state index contributed by atoms with van der Waals surface area (Å²) >= 11 is 0.